The molecule has 3 rings (SSSR count). The average Bonchev–Trinajstić information content (AvgIpc) is 2.51. The monoisotopic (exact) mass is 302 g/mol. The van der Waals surface area contributed by atoms with Crippen LogP contribution in [0.15, 0.2) is 60.7 Å². The van der Waals surface area contributed by atoms with Crippen LogP contribution >= 0.6 is 0 Å². The second-order valence-corrected chi connectivity index (χ2v) is 4.81. The number of benzene rings is 3. The van der Waals surface area contributed by atoms with Gasteiger partial charge in [0.25, 0.3) is 0 Å². The molecule has 110 valence electrons. The quantitative estimate of drug-likeness (QED) is 0.542. The molecule has 0 saturated heterocycles. The van der Waals surface area contributed by atoms with Gasteiger partial charge in [0.15, 0.2) is 11.6 Å². The Kier molecular flexibility index (Phi) is 3.67. The lowest BCUT2D eigenvalue weighted by atomic mass is 9.99. The highest BCUT2D eigenvalue weighted by molar-refractivity contribution is 5.71. The highest BCUT2D eigenvalue weighted by Crippen LogP contribution is 2.31. The van der Waals surface area contributed by atoms with Gasteiger partial charge in [0.05, 0.1) is 5.56 Å². The van der Waals surface area contributed by atoms with Gasteiger partial charge in [-0.25, -0.2) is 17.6 Å². The van der Waals surface area contributed by atoms with Gasteiger partial charge in [-0.1, -0.05) is 36.4 Å². The molecule has 0 spiro atoms. The zero-order valence-electron chi connectivity index (χ0n) is 11.3. The minimum absolute atomic E-state index is 0.0477. The summed E-state index contributed by atoms with van der Waals surface area (Å²) >= 11 is 0. The molecule has 0 N–H and O–H groups in total. The van der Waals surface area contributed by atoms with E-state index in [1.165, 1.54) is 12.1 Å². The van der Waals surface area contributed by atoms with Crippen molar-refractivity contribution in [3.63, 3.8) is 0 Å². The summed E-state index contributed by atoms with van der Waals surface area (Å²) in [4.78, 5) is 0. The van der Waals surface area contributed by atoms with Gasteiger partial charge in [-0.3, -0.25) is 0 Å². The van der Waals surface area contributed by atoms with Crippen molar-refractivity contribution in [3.8, 4) is 22.3 Å². The fourth-order valence-corrected chi connectivity index (χ4v) is 2.30. The summed E-state index contributed by atoms with van der Waals surface area (Å²) in [5.41, 5.74) is 0.617. The number of hydrogen-bond acceptors (Lipinski definition) is 0. The van der Waals surface area contributed by atoms with E-state index in [0.29, 0.717) is 11.1 Å². The molecule has 0 aliphatic rings. The van der Waals surface area contributed by atoms with Crippen molar-refractivity contribution in [2.45, 2.75) is 0 Å². The van der Waals surface area contributed by atoms with Gasteiger partial charge in [0, 0.05) is 0 Å². The second kappa shape index (κ2) is 5.64. The van der Waals surface area contributed by atoms with Crippen molar-refractivity contribution in [2.75, 3.05) is 0 Å². The highest BCUT2D eigenvalue weighted by Gasteiger charge is 2.15. The maximum Gasteiger partial charge on any atom is 0.159 e. The van der Waals surface area contributed by atoms with E-state index in [4.69, 9.17) is 0 Å². The fraction of sp³-hybridized carbons (Fsp3) is 0. The van der Waals surface area contributed by atoms with Crippen LogP contribution in [0.1, 0.15) is 0 Å². The van der Waals surface area contributed by atoms with Gasteiger partial charge >= 0.3 is 0 Å². The van der Waals surface area contributed by atoms with Crippen molar-refractivity contribution in [3.05, 3.63) is 83.9 Å². The van der Waals surface area contributed by atoms with Crippen LogP contribution in [-0.2, 0) is 0 Å². The SMILES string of the molecule is Fc1ccc(-c2c(F)cc(-c3ccccc3)cc2F)cc1F. The standard InChI is InChI=1S/C18H10F4/c19-14-7-6-12(8-15(14)20)18-16(21)9-13(10-17(18)22)11-4-2-1-3-5-11/h1-10H. The maximum absolute atomic E-state index is 14.3. The molecule has 4 heteroatoms. The molecule has 0 aromatic heterocycles. The van der Waals surface area contributed by atoms with Crippen molar-refractivity contribution in [2.24, 2.45) is 0 Å². The molecule has 0 amide bonds. The Morgan fingerprint density at radius 2 is 1.05 bits per heavy atom. The lowest BCUT2D eigenvalue weighted by Crippen LogP contribution is -1.94. The van der Waals surface area contributed by atoms with Crippen LogP contribution in [0.3, 0.4) is 0 Å². The van der Waals surface area contributed by atoms with Crippen LogP contribution in [0, 0.1) is 23.3 Å². The summed E-state index contributed by atoms with van der Waals surface area (Å²) in [5.74, 6) is -3.87. The summed E-state index contributed by atoms with van der Waals surface area (Å²) in [6, 6.07) is 13.9. The van der Waals surface area contributed by atoms with Crippen LogP contribution in [0.4, 0.5) is 17.6 Å². The minimum atomic E-state index is -1.15. The van der Waals surface area contributed by atoms with E-state index in [-0.39, 0.29) is 11.1 Å². The molecule has 0 unspecified atom stereocenters. The van der Waals surface area contributed by atoms with E-state index >= 15 is 0 Å². The van der Waals surface area contributed by atoms with Crippen LogP contribution in [0.2, 0.25) is 0 Å². The Balaban J connectivity index is 2.12. The maximum atomic E-state index is 14.3. The molecular formula is C18H10F4. The Labute approximate surface area is 124 Å². The third-order valence-electron chi connectivity index (χ3n) is 3.36. The summed E-state index contributed by atoms with van der Waals surface area (Å²) < 4.78 is 54.7. The van der Waals surface area contributed by atoms with Gasteiger partial charge in [-0.05, 0) is 41.0 Å². The van der Waals surface area contributed by atoms with Crippen molar-refractivity contribution < 1.29 is 17.6 Å². The zero-order chi connectivity index (χ0) is 15.7. The largest absolute Gasteiger partial charge is 0.206 e. The van der Waals surface area contributed by atoms with E-state index in [2.05, 4.69) is 0 Å². The predicted octanol–water partition coefficient (Wildman–Crippen LogP) is 5.58. The average molecular weight is 302 g/mol. The molecule has 0 atom stereocenters. The zero-order valence-corrected chi connectivity index (χ0v) is 11.3. The molecule has 0 aliphatic carbocycles. The van der Waals surface area contributed by atoms with Gasteiger partial charge in [-0.2, -0.15) is 0 Å². The smallest absolute Gasteiger partial charge is 0.159 e. The topological polar surface area (TPSA) is 0 Å². The molecule has 3 aromatic rings. The molecule has 3 aromatic carbocycles. The lowest BCUT2D eigenvalue weighted by Gasteiger charge is -2.09. The first kappa shape index (κ1) is 14.3. The van der Waals surface area contributed by atoms with Gasteiger partial charge in [-0.15, -0.1) is 0 Å². The Morgan fingerprint density at radius 3 is 1.64 bits per heavy atom. The molecular weight excluding hydrogens is 292 g/mol. The normalized spacial score (nSPS) is 10.7. The van der Waals surface area contributed by atoms with Gasteiger partial charge < -0.3 is 0 Å². The van der Waals surface area contributed by atoms with Crippen LogP contribution in [0.5, 0.6) is 0 Å². The molecule has 0 bridgehead atoms. The molecule has 0 heterocycles. The minimum Gasteiger partial charge on any atom is -0.206 e. The third kappa shape index (κ3) is 2.60. The predicted molar refractivity (Wildman–Crippen MR) is 77.1 cm³/mol. The number of hydrogen-bond donors (Lipinski definition) is 0. The summed E-state index contributed by atoms with van der Waals surface area (Å²) in [7, 11) is 0. The number of halogens is 4. The molecule has 0 fully saturated rings. The van der Waals surface area contributed by atoms with Crippen LogP contribution < -0.4 is 0 Å². The Hall–Kier alpha value is -2.62. The van der Waals surface area contributed by atoms with E-state index in [9.17, 15) is 17.6 Å². The van der Waals surface area contributed by atoms with Crippen LogP contribution in [0.25, 0.3) is 22.3 Å². The first-order valence-electron chi connectivity index (χ1n) is 6.56. The summed E-state index contributed by atoms with van der Waals surface area (Å²) in [6.45, 7) is 0. The van der Waals surface area contributed by atoms with Crippen molar-refractivity contribution >= 4 is 0 Å². The molecule has 0 nitrogen and oxygen atoms in total. The second-order valence-electron chi connectivity index (χ2n) is 4.81. The first-order valence-corrected chi connectivity index (χ1v) is 6.56. The van der Waals surface area contributed by atoms with Crippen molar-refractivity contribution in [1.82, 2.24) is 0 Å². The Morgan fingerprint density at radius 1 is 0.455 bits per heavy atom. The first-order chi connectivity index (χ1) is 10.6. The molecule has 0 aliphatic heterocycles. The number of rotatable bonds is 2. The van der Waals surface area contributed by atoms with Crippen LogP contribution in [-0.4, -0.2) is 0 Å². The Bertz CT molecular complexity index is 803. The van der Waals surface area contributed by atoms with E-state index in [0.717, 1.165) is 18.2 Å². The molecule has 0 radical (unpaired) electrons. The van der Waals surface area contributed by atoms with Crippen molar-refractivity contribution in [1.29, 1.82) is 0 Å². The lowest BCUT2D eigenvalue weighted by molar-refractivity contribution is 0.508. The molecule has 22 heavy (non-hydrogen) atoms. The fourth-order valence-electron chi connectivity index (χ4n) is 2.30. The van der Waals surface area contributed by atoms with Gasteiger partial charge in [0.2, 0.25) is 0 Å². The highest BCUT2D eigenvalue weighted by atomic mass is 19.2. The summed E-state index contributed by atoms with van der Waals surface area (Å²) in [6.07, 6.45) is 0. The molecule has 0 saturated carbocycles. The van der Waals surface area contributed by atoms with E-state index in [1.54, 1.807) is 30.3 Å². The third-order valence-corrected chi connectivity index (χ3v) is 3.36. The van der Waals surface area contributed by atoms with Gasteiger partial charge in [0.1, 0.15) is 11.6 Å². The summed E-state index contributed by atoms with van der Waals surface area (Å²) in [5, 5.41) is 0. The van der Waals surface area contributed by atoms with E-state index < -0.39 is 23.3 Å². The van der Waals surface area contributed by atoms with E-state index in [1.807, 2.05) is 0 Å².